The van der Waals surface area contributed by atoms with Gasteiger partial charge < -0.3 is 14.6 Å². The van der Waals surface area contributed by atoms with Crippen LogP contribution in [0.4, 0.5) is 0 Å². The summed E-state index contributed by atoms with van der Waals surface area (Å²) in [5.41, 5.74) is -0.385. The number of carboxylic acids is 1. The first-order chi connectivity index (χ1) is 12.1. The number of hydrogen-bond donors (Lipinski definition) is 1. The van der Waals surface area contributed by atoms with E-state index in [1.807, 2.05) is 24.3 Å². The normalized spacial score (nSPS) is 19.6. The van der Waals surface area contributed by atoms with Gasteiger partial charge in [-0.1, -0.05) is 44.7 Å². The van der Waals surface area contributed by atoms with Crippen LogP contribution < -0.4 is 4.74 Å². The number of carbonyl (C=O) groups excluding carboxylic acids is 1. The Hall–Kier alpha value is -2.04. The van der Waals surface area contributed by atoms with Gasteiger partial charge in [-0.05, 0) is 37.0 Å². The molecule has 0 aromatic heterocycles. The molecular formula is C20H28O5. The Balaban J connectivity index is 1.78. The molecule has 5 nitrogen and oxygen atoms in total. The average molecular weight is 348 g/mol. The minimum Gasteiger partial charge on any atom is -0.494 e. The van der Waals surface area contributed by atoms with Crippen LogP contribution in [0.2, 0.25) is 0 Å². The molecule has 0 radical (unpaired) electrons. The molecule has 0 amide bonds. The molecule has 138 valence electrons. The molecule has 1 aromatic rings. The Labute approximate surface area is 149 Å². The number of esters is 1. The number of benzene rings is 1. The van der Waals surface area contributed by atoms with E-state index in [0.29, 0.717) is 6.42 Å². The second-order valence-electron chi connectivity index (χ2n) is 6.68. The summed E-state index contributed by atoms with van der Waals surface area (Å²) in [6.07, 6.45) is 7.07. The highest BCUT2D eigenvalue weighted by atomic mass is 16.5. The summed E-state index contributed by atoms with van der Waals surface area (Å²) in [6.45, 7) is 3.11. The summed E-state index contributed by atoms with van der Waals surface area (Å²) in [7, 11) is 0. The zero-order valence-electron chi connectivity index (χ0n) is 15.0. The Kier molecular flexibility index (Phi) is 7.29. The van der Waals surface area contributed by atoms with E-state index in [2.05, 4.69) is 6.92 Å². The smallest absolute Gasteiger partial charge is 0.323 e. The SMILES string of the molecule is CCCCCCCOc1ccc(CCC2(C(=O)O)CCOC2=O)cc1. The van der Waals surface area contributed by atoms with Crippen LogP contribution in [0.25, 0.3) is 0 Å². The van der Waals surface area contributed by atoms with Gasteiger partial charge in [0, 0.05) is 6.42 Å². The highest BCUT2D eigenvalue weighted by Crippen LogP contribution is 2.35. The number of carboxylic acid groups (broad SMARTS) is 1. The van der Waals surface area contributed by atoms with Gasteiger partial charge in [0.15, 0.2) is 5.41 Å². The van der Waals surface area contributed by atoms with Crippen molar-refractivity contribution < 1.29 is 24.2 Å². The van der Waals surface area contributed by atoms with E-state index in [9.17, 15) is 14.7 Å². The van der Waals surface area contributed by atoms with E-state index in [-0.39, 0.29) is 19.4 Å². The zero-order valence-corrected chi connectivity index (χ0v) is 15.0. The molecule has 0 aliphatic carbocycles. The van der Waals surface area contributed by atoms with Crippen LogP contribution in [0.15, 0.2) is 24.3 Å². The van der Waals surface area contributed by atoms with E-state index in [1.54, 1.807) is 0 Å². The van der Waals surface area contributed by atoms with E-state index < -0.39 is 17.4 Å². The van der Waals surface area contributed by atoms with Crippen molar-refractivity contribution >= 4 is 11.9 Å². The van der Waals surface area contributed by atoms with Crippen molar-refractivity contribution in [3.8, 4) is 5.75 Å². The Morgan fingerprint density at radius 2 is 1.92 bits per heavy atom. The molecule has 1 fully saturated rings. The standard InChI is InChI=1S/C20H28O5/c1-2-3-4-5-6-14-24-17-9-7-16(8-10-17)11-12-20(18(21)22)13-15-25-19(20)23/h7-10H,2-6,11-15H2,1H3,(H,21,22). The van der Waals surface area contributed by atoms with Gasteiger partial charge in [0.2, 0.25) is 0 Å². The maximum Gasteiger partial charge on any atom is 0.323 e. The Bertz CT molecular complexity index is 566. The first-order valence-corrected chi connectivity index (χ1v) is 9.21. The van der Waals surface area contributed by atoms with Crippen molar-refractivity contribution in [3.63, 3.8) is 0 Å². The van der Waals surface area contributed by atoms with Crippen molar-refractivity contribution in [1.29, 1.82) is 0 Å². The highest BCUT2D eigenvalue weighted by molar-refractivity contribution is 6.00. The molecule has 5 heteroatoms. The predicted octanol–water partition coefficient (Wildman–Crippen LogP) is 3.99. The van der Waals surface area contributed by atoms with E-state index in [0.717, 1.165) is 24.3 Å². The molecule has 0 saturated carbocycles. The monoisotopic (exact) mass is 348 g/mol. The lowest BCUT2D eigenvalue weighted by molar-refractivity contribution is -0.160. The van der Waals surface area contributed by atoms with E-state index >= 15 is 0 Å². The summed E-state index contributed by atoms with van der Waals surface area (Å²) in [5, 5.41) is 9.41. The maximum atomic E-state index is 11.8. The number of rotatable bonds is 11. The summed E-state index contributed by atoms with van der Waals surface area (Å²) in [5.74, 6) is -0.867. The molecule has 1 aromatic carbocycles. The number of carbonyl (C=O) groups is 2. The second-order valence-corrected chi connectivity index (χ2v) is 6.68. The summed E-state index contributed by atoms with van der Waals surface area (Å²) in [6, 6.07) is 7.67. The van der Waals surface area contributed by atoms with Crippen LogP contribution in [0.1, 0.15) is 57.4 Å². The molecule has 2 rings (SSSR count). The van der Waals surface area contributed by atoms with Crippen molar-refractivity contribution in [2.45, 2.75) is 58.3 Å². The number of cyclic esters (lactones) is 1. The van der Waals surface area contributed by atoms with Gasteiger partial charge in [0.1, 0.15) is 5.75 Å². The van der Waals surface area contributed by atoms with Gasteiger partial charge in [-0.15, -0.1) is 0 Å². The molecular weight excluding hydrogens is 320 g/mol. The minimum absolute atomic E-state index is 0.191. The van der Waals surface area contributed by atoms with E-state index in [1.165, 1.54) is 25.7 Å². The largest absolute Gasteiger partial charge is 0.494 e. The molecule has 1 saturated heterocycles. The molecule has 1 heterocycles. The molecule has 1 aliphatic heterocycles. The van der Waals surface area contributed by atoms with Gasteiger partial charge in [-0.3, -0.25) is 9.59 Å². The molecule has 1 unspecified atom stereocenters. The van der Waals surface area contributed by atoms with Gasteiger partial charge in [-0.2, -0.15) is 0 Å². The van der Waals surface area contributed by atoms with Crippen molar-refractivity contribution in [2.75, 3.05) is 13.2 Å². The second kappa shape index (κ2) is 9.44. The number of aryl methyl sites for hydroxylation is 1. The first kappa shape index (κ1) is 19.3. The zero-order chi connectivity index (χ0) is 18.1. The lowest BCUT2D eigenvalue weighted by Crippen LogP contribution is -2.36. The number of hydrogen-bond acceptors (Lipinski definition) is 4. The lowest BCUT2D eigenvalue weighted by atomic mass is 9.81. The van der Waals surface area contributed by atoms with Gasteiger partial charge >= 0.3 is 11.9 Å². The molecule has 25 heavy (non-hydrogen) atoms. The van der Waals surface area contributed by atoms with Crippen LogP contribution >= 0.6 is 0 Å². The summed E-state index contributed by atoms with van der Waals surface area (Å²) >= 11 is 0. The van der Waals surface area contributed by atoms with Gasteiger partial charge in [-0.25, -0.2) is 0 Å². The first-order valence-electron chi connectivity index (χ1n) is 9.21. The third-order valence-corrected chi connectivity index (χ3v) is 4.84. The van der Waals surface area contributed by atoms with Gasteiger partial charge in [0.25, 0.3) is 0 Å². The van der Waals surface area contributed by atoms with Crippen LogP contribution in [-0.2, 0) is 20.7 Å². The van der Waals surface area contributed by atoms with Crippen molar-refractivity contribution in [1.82, 2.24) is 0 Å². The molecule has 0 bridgehead atoms. The minimum atomic E-state index is -1.38. The van der Waals surface area contributed by atoms with Crippen LogP contribution in [-0.4, -0.2) is 30.3 Å². The molecule has 1 aliphatic rings. The third kappa shape index (κ3) is 5.21. The van der Waals surface area contributed by atoms with E-state index in [4.69, 9.17) is 9.47 Å². The number of ether oxygens (including phenoxy) is 2. The number of aliphatic carboxylic acids is 1. The topological polar surface area (TPSA) is 72.8 Å². The summed E-state index contributed by atoms with van der Waals surface area (Å²) < 4.78 is 10.6. The Morgan fingerprint density at radius 1 is 1.20 bits per heavy atom. The predicted molar refractivity (Wildman–Crippen MR) is 94.7 cm³/mol. The average Bonchev–Trinajstić information content (AvgIpc) is 2.99. The molecule has 1 atom stereocenters. The van der Waals surface area contributed by atoms with Crippen LogP contribution in [0.3, 0.4) is 0 Å². The molecule has 0 spiro atoms. The molecule has 1 N–H and O–H groups in total. The lowest BCUT2D eigenvalue weighted by Gasteiger charge is -2.19. The van der Waals surface area contributed by atoms with Crippen LogP contribution in [0, 0.1) is 5.41 Å². The maximum absolute atomic E-state index is 11.8. The fraction of sp³-hybridized carbons (Fsp3) is 0.600. The van der Waals surface area contributed by atoms with Crippen LogP contribution in [0.5, 0.6) is 5.75 Å². The third-order valence-electron chi connectivity index (χ3n) is 4.84. The van der Waals surface area contributed by atoms with Gasteiger partial charge in [0.05, 0.1) is 13.2 Å². The Morgan fingerprint density at radius 3 is 2.52 bits per heavy atom. The quantitative estimate of drug-likeness (QED) is 0.372. The number of unbranched alkanes of at least 4 members (excludes halogenated alkanes) is 4. The van der Waals surface area contributed by atoms with Crippen molar-refractivity contribution in [3.05, 3.63) is 29.8 Å². The fourth-order valence-electron chi connectivity index (χ4n) is 3.09. The fourth-order valence-corrected chi connectivity index (χ4v) is 3.09. The summed E-state index contributed by atoms with van der Waals surface area (Å²) in [4.78, 5) is 23.3. The highest BCUT2D eigenvalue weighted by Gasteiger charge is 2.51. The van der Waals surface area contributed by atoms with Crippen molar-refractivity contribution in [2.24, 2.45) is 5.41 Å².